The SMILES string of the molecule is C[C@H]1CCCCN1C(=O)COC(=O)CN1C(=O)N[C@]2(CCCC[C@@H]2C)C1=O. The van der Waals surface area contributed by atoms with Crippen LogP contribution in [0.1, 0.15) is 58.8 Å². The van der Waals surface area contributed by atoms with Gasteiger partial charge in [0.25, 0.3) is 11.8 Å². The van der Waals surface area contributed by atoms with E-state index in [4.69, 9.17) is 4.74 Å². The van der Waals surface area contributed by atoms with E-state index in [0.717, 1.165) is 43.4 Å². The van der Waals surface area contributed by atoms with Crippen molar-refractivity contribution in [3.05, 3.63) is 0 Å². The molecule has 8 nitrogen and oxygen atoms in total. The van der Waals surface area contributed by atoms with Gasteiger partial charge in [-0.2, -0.15) is 0 Å². The minimum Gasteiger partial charge on any atom is -0.454 e. The Balaban J connectivity index is 1.54. The van der Waals surface area contributed by atoms with E-state index >= 15 is 0 Å². The van der Waals surface area contributed by atoms with Crippen molar-refractivity contribution in [2.75, 3.05) is 19.7 Å². The van der Waals surface area contributed by atoms with Gasteiger partial charge in [-0.15, -0.1) is 0 Å². The Bertz CT molecular complexity index is 637. The molecule has 0 aromatic rings. The summed E-state index contributed by atoms with van der Waals surface area (Å²) in [5, 5.41) is 2.80. The average Bonchev–Trinajstić information content (AvgIpc) is 2.87. The lowest BCUT2D eigenvalue weighted by atomic mass is 9.73. The summed E-state index contributed by atoms with van der Waals surface area (Å²) in [6.45, 7) is 3.80. The van der Waals surface area contributed by atoms with Crippen molar-refractivity contribution < 1.29 is 23.9 Å². The molecule has 0 unspecified atom stereocenters. The molecule has 3 rings (SSSR count). The van der Waals surface area contributed by atoms with Gasteiger partial charge in [-0.1, -0.05) is 19.8 Å². The summed E-state index contributed by atoms with van der Waals surface area (Å²) >= 11 is 0. The van der Waals surface area contributed by atoms with Gasteiger partial charge in [0.1, 0.15) is 12.1 Å². The van der Waals surface area contributed by atoms with Crippen molar-refractivity contribution in [3.63, 3.8) is 0 Å². The number of rotatable bonds is 4. The van der Waals surface area contributed by atoms with Gasteiger partial charge in [0, 0.05) is 12.6 Å². The fourth-order valence-electron chi connectivity index (χ4n) is 4.51. The van der Waals surface area contributed by atoms with Crippen molar-refractivity contribution >= 4 is 23.8 Å². The molecule has 4 amide bonds. The van der Waals surface area contributed by atoms with Gasteiger partial charge in [-0.3, -0.25) is 19.3 Å². The van der Waals surface area contributed by atoms with Crippen molar-refractivity contribution in [2.24, 2.45) is 5.92 Å². The predicted molar refractivity (Wildman–Crippen MR) is 96.6 cm³/mol. The molecule has 2 aliphatic heterocycles. The molecule has 0 aromatic heterocycles. The van der Waals surface area contributed by atoms with Crippen LogP contribution < -0.4 is 5.32 Å². The molecule has 1 saturated carbocycles. The minimum absolute atomic E-state index is 0.0332. The molecule has 150 valence electrons. The van der Waals surface area contributed by atoms with Crippen LogP contribution in [0, 0.1) is 5.92 Å². The second-order valence-electron chi connectivity index (χ2n) is 8.03. The largest absolute Gasteiger partial charge is 0.454 e. The van der Waals surface area contributed by atoms with Gasteiger partial charge in [0.2, 0.25) is 0 Å². The van der Waals surface area contributed by atoms with Gasteiger partial charge < -0.3 is 15.0 Å². The zero-order valence-electron chi connectivity index (χ0n) is 16.2. The van der Waals surface area contributed by atoms with Gasteiger partial charge in [-0.25, -0.2) is 4.79 Å². The van der Waals surface area contributed by atoms with E-state index in [2.05, 4.69) is 5.32 Å². The third kappa shape index (κ3) is 3.80. The number of carbonyl (C=O) groups excluding carboxylic acids is 4. The highest BCUT2D eigenvalue weighted by Crippen LogP contribution is 2.38. The fraction of sp³-hybridized carbons (Fsp3) is 0.789. The zero-order valence-corrected chi connectivity index (χ0v) is 16.2. The molecular weight excluding hydrogens is 350 g/mol. The molecular formula is C19H29N3O5. The number of ether oxygens (including phenoxy) is 1. The van der Waals surface area contributed by atoms with Crippen LogP contribution in [0.15, 0.2) is 0 Å². The maximum absolute atomic E-state index is 12.8. The molecule has 3 atom stereocenters. The monoisotopic (exact) mass is 379 g/mol. The number of amides is 4. The molecule has 3 aliphatic rings. The summed E-state index contributed by atoms with van der Waals surface area (Å²) in [4.78, 5) is 52.2. The highest BCUT2D eigenvalue weighted by Gasteiger charge is 2.55. The summed E-state index contributed by atoms with van der Waals surface area (Å²) in [6, 6.07) is -0.412. The molecule has 0 radical (unpaired) electrons. The Labute approximate surface area is 159 Å². The highest BCUT2D eigenvalue weighted by atomic mass is 16.5. The number of hydrogen-bond acceptors (Lipinski definition) is 5. The topological polar surface area (TPSA) is 96.0 Å². The molecule has 1 spiro atoms. The number of nitrogens with one attached hydrogen (secondary N) is 1. The van der Waals surface area contributed by atoms with E-state index in [1.807, 2.05) is 13.8 Å². The number of imide groups is 1. The fourth-order valence-corrected chi connectivity index (χ4v) is 4.51. The van der Waals surface area contributed by atoms with Gasteiger partial charge >= 0.3 is 12.0 Å². The van der Waals surface area contributed by atoms with Gasteiger partial charge in [-0.05, 0) is 44.9 Å². The molecule has 1 N–H and O–H groups in total. The molecule has 8 heteroatoms. The lowest BCUT2D eigenvalue weighted by molar-refractivity contribution is -0.155. The number of piperidine rings is 1. The van der Waals surface area contributed by atoms with Crippen LogP contribution >= 0.6 is 0 Å². The van der Waals surface area contributed by atoms with Gasteiger partial charge in [0.15, 0.2) is 6.61 Å². The summed E-state index contributed by atoms with van der Waals surface area (Å²) in [7, 11) is 0. The molecule has 2 heterocycles. The van der Waals surface area contributed by atoms with E-state index in [-0.39, 0.29) is 30.4 Å². The second-order valence-corrected chi connectivity index (χ2v) is 8.03. The van der Waals surface area contributed by atoms with Crippen molar-refractivity contribution in [2.45, 2.75) is 70.4 Å². The zero-order chi connectivity index (χ0) is 19.6. The smallest absolute Gasteiger partial charge is 0.326 e. The quantitative estimate of drug-likeness (QED) is 0.589. The number of hydrogen-bond donors (Lipinski definition) is 1. The number of nitrogens with zero attached hydrogens (tertiary/aromatic N) is 2. The Hall–Kier alpha value is -2.12. The van der Waals surface area contributed by atoms with E-state index in [1.165, 1.54) is 0 Å². The first-order valence-electron chi connectivity index (χ1n) is 9.94. The maximum Gasteiger partial charge on any atom is 0.326 e. The number of carbonyl (C=O) groups is 4. The number of urea groups is 1. The van der Waals surface area contributed by atoms with Crippen LogP contribution in [0.25, 0.3) is 0 Å². The van der Waals surface area contributed by atoms with Crippen LogP contribution in [-0.2, 0) is 19.1 Å². The maximum atomic E-state index is 12.8. The van der Waals surface area contributed by atoms with E-state index in [0.29, 0.717) is 13.0 Å². The second kappa shape index (κ2) is 7.86. The van der Waals surface area contributed by atoms with Crippen molar-refractivity contribution in [1.29, 1.82) is 0 Å². The van der Waals surface area contributed by atoms with E-state index in [9.17, 15) is 19.2 Å². The Morgan fingerprint density at radius 1 is 1.15 bits per heavy atom. The molecule has 0 aromatic carbocycles. The van der Waals surface area contributed by atoms with Crippen LogP contribution in [0.4, 0.5) is 4.79 Å². The minimum atomic E-state index is -0.894. The lowest BCUT2D eigenvalue weighted by Crippen LogP contribution is -2.54. The molecule has 2 saturated heterocycles. The summed E-state index contributed by atoms with van der Waals surface area (Å²) in [5.41, 5.74) is -0.894. The average molecular weight is 379 g/mol. The van der Waals surface area contributed by atoms with Crippen LogP contribution in [0.3, 0.4) is 0 Å². The Kier molecular flexibility index (Phi) is 5.72. The van der Waals surface area contributed by atoms with Crippen LogP contribution in [0.2, 0.25) is 0 Å². The first-order chi connectivity index (χ1) is 12.8. The summed E-state index contributed by atoms with van der Waals surface area (Å²) in [6.07, 6.45) is 6.36. The van der Waals surface area contributed by atoms with E-state index in [1.54, 1.807) is 4.90 Å². The Morgan fingerprint density at radius 3 is 2.59 bits per heavy atom. The number of likely N-dealkylation sites (tertiary alicyclic amines) is 1. The van der Waals surface area contributed by atoms with Gasteiger partial charge in [0.05, 0.1) is 0 Å². The lowest BCUT2D eigenvalue weighted by Gasteiger charge is -2.36. The summed E-state index contributed by atoms with van der Waals surface area (Å²) < 4.78 is 5.06. The summed E-state index contributed by atoms with van der Waals surface area (Å²) in [5.74, 6) is -1.29. The van der Waals surface area contributed by atoms with Crippen LogP contribution in [0.5, 0.6) is 0 Å². The third-order valence-electron chi connectivity index (χ3n) is 6.27. The van der Waals surface area contributed by atoms with E-state index < -0.39 is 24.1 Å². The van der Waals surface area contributed by atoms with Crippen LogP contribution in [-0.4, -0.2) is 64.9 Å². The Morgan fingerprint density at radius 2 is 1.89 bits per heavy atom. The standard InChI is InChI=1S/C19H29N3O5/c1-13-7-3-5-9-19(13)17(25)22(18(26)20-19)11-16(24)27-12-15(23)21-10-6-4-8-14(21)2/h13-14H,3-12H2,1-2H3,(H,20,26)/t13-,14-,19-/m0/s1. The predicted octanol–water partition coefficient (Wildman–Crippen LogP) is 1.43. The van der Waals surface area contributed by atoms with Crippen molar-refractivity contribution in [1.82, 2.24) is 15.1 Å². The molecule has 1 aliphatic carbocycles. The normalized spacial score (nSPS) is 31.2. The molecule has 0 bridgehead atoms. The highest BCUT2D eigenvalue weighted by molar-refractivity contribution is 6.09. The molecule has 3 fully saturated rings. The first-order valence-corrected chi connectivity index (χ1v) is 9.94. The van der Waals surface area contributed by atoms with Crippen molar-refractivity contribution in [3.8, 4) is 0 Å². The number of esters is 1. The first kappa shape index (κ1) is 19.6. The molecule has 27 heavy (non-hydrogen) atoms. The third-order valence-corrected chi connectivity index (χ3v) is 6.27.